The van der Waals surface area contributed by atoms with Crippen LogP contribution < -0.4 is 14.9 Å². The molecule has 0 spiro atoms. The number of nitrogens with zero attached hydrogens (tertiary/aromatic N) is 1. The van der Waals surface area contributed by atoms with Crippen molar-refractivity contribution < 1.29 is 23.5 Å². The number of amides is 1. The van der Waals surface area contributed by atoms with E-state index in [1.54, 1.807) is 36.4 Å². The molecule has 31 heavy (non-hydrogen) atoms. The summed E-state index contributed by atoms with van der Waals surface area (Å²) < 4.78 is 15.8. The summed E-state index contributed by atoms with van der Waals surface area (Å²) in [6.07, 6.45) is 5.81. The number of esters is 1. The van der Waals surface area contributed by atoms with Crippen LogP contribution in [0.1, 0.15) is 22.5 Å². The molecule has 0 fully saturated rings. The van der Waals surface area contributed by atoms with Crippen LogP contribution in [-0.4, -0.2) is 24.7 Å². The van der Waals surface area contributed by atoms with Gasteiger partial charge >= 0.3 is 5.97 Å². The van der Waals surface area contributed by atoms with E-state index in [4.69, 9.17) is 13.9 Å². The first-order chi connectivity index (χ1) is 15.0. The van der Waals surface area contributed by atoms with Crippen LogP contribution in [0.5, 0.6) is 11.5 Å². The minimum atomic E-state index is -0.520. The van der Waals surface area contributed by atoms with E-state index >= 15 is 0 Å². The minimum absolute atomic E-state index is 0.137. The Hall–Kier alpha value is -4.13. The van der Waals surface area contributed by atoms with Gasteiger partial charge in [0.1, 0.15) is 17.3 Å². The second kappa shape index (κ2) is 10.6. The number of rotatable bonds is 8. The quantitative estimate of drug-likeness (QED) is 0.196. The molecule has 0 unspecified atom stereocenters. The SMILES string of the molecule is Cc1ccc(OCC(=O)NN=Cc2ccc(OC(=O)C=Cc3ccco3)cc2)c(C)c1. The number of hydrazone groups is 1. The van der Waals surface area contributed by atoms with Gasteiger partial charge in [-0.1, -0.05) is 17.7 Å². The molecule has 0 atom stereocenters. The summed E-state index contributed by atoms with van der Waals surface area (Å²) in [5.41, 5.74) is 5.23. The maximum absolute atomic E-state index is 11.9. The molecule has 1 aromatic heterocycles. The van der Waals surface area contributed by atoms with Gasteiger partial charge in [0.05, 0.1) is 12.5 Å². The van der Waals surface area contributed by atoms with Crippen LogP contribution >= 0.6 is 0 Å². The molecule has 0 radical (unpaired) electrons. The van der Waals surface area contributed by atoms with Crippen molar-refractivity contribution in [3.63, 3.8) is 0 Å². The van der Waals surface area contributed by atoms with Gasteiger partial charge in [0.25, 0.3) is 5.91 Å². The summed E-state index contributed by atoms with van der Waals surface area (Å²) >= 11 is 0. The minimum Gasteiger partial charge on any atom is -0.483 e. The average molecular weight is 418 g/mol. The predicted molar refractivity (Wildman–Crippen MR) is 117 cm³/mol. The maximum Gasteiger partial charge on any atom is 0.336 e. The standard InChI is InChI=1S/C24H22N2O5/c1-17-5-11-22(18(2)14-17)30-16-23(27)26-25-15-19-6-8-21(9-7-19)31-24(28)12-10-20-4-3-13-29-20/h3-15H,16H2,1-2H3,(H,26,27). The van der Waals surface area contributed by atoms with E-state index in [0.717, 1.165) is 16.7 Å². The summed E-state index contributed by atoms with van der Waals surface area (Å²) in [5, 5.41) is 3.90. The van der Waals surface area contributed by atoms with Crippen molar-refractivity contribution in [2.75, 3.05) is 6.61 Å². The lowest BCUT2D eigenvalue weighted by atomic mass is 10.1. The number of nitrogens with one attached hydrogen (secondary N) is 1. The van der Waals surface area contributed by atoms with Crippen molar-refractivity contribution in [2.45, 2.75) is 13.8 Å². The lowest BCUT2D eigenvalue weighted by Crippen LogP contribution is -2.24. The normalized spacial score (nSPS) is 11.0. The van der Waals surface area contributed by atoms with Gasteiger partial charge in [0.15, 0.2) is 6.61 Å². The van der Waals surface area contributed by atoms with Crippen LogP contribution in [0.25, 0.3) is 6.08 Å². The van der Waals surface area contributed by atoms with Gasteiger partial charge in [-0.05, 0) is 73.5 Å². The third-order valence-electron chi connectivity index (χ3n) is 4.12. The van der Waals surface area contributed by atoms with E-state index in [9.17, 15) is 9.59 Å². The Morgan fingerprint density at radius 2 is 1.90 bits per heavy atom. The monoisotopic (exact) mass is 418 g/mol. The predicted octanol–water partition coefficient (Wildman–Crippen LogP) is 4.04. The number of carbonyl (C=O) groups excluding carboxylic acids is 2. The van der Waals surface area contributed by atoms with E-state index in [1.807, 2.05) is 32.0 Å². The number of aryl methyl sites for hydroxylation is 2. The van der Waals surface area contributed by atoms with Crippen molar-refractivity contribution in [3.05, 3.63) is 89.4 Å². The van der Waals surface area contributed by atoms with E-state index in [2.05, 4.69) is 10.5 Å². The molecule has 3 aromatic rings. The van der Waals surface area contributed by atoms with Crippen molar-refractivity contribution >= 4 is 24.2 Å². The topological polar surface area (TPSA) is 90.1 Å². The molecule has 7 heteroatoms. The Bertz CT molecular complexity index is 1080. The lowest BCUT2D eigenvalue weighted by molar-refractivity contribution is -0.129. The highest BCUT2D eigenvalue weighted by Crippen LogP contribution is 2.18. The zero-order valence-corrected chi connectivity index (χ0v) is 17.2. The molecule has 158 valence electrons. The van der Waals surface area contributed by atoms with Gasteiger partial charge in [0, 0.05) is 6.08 Å². The molecule has 7 nitrogen and oxygen atoms in total. The molecule has 0 saturated heterocycles. The maximum atomic E-state index is 11.9. The van der Waals surface area contributed by atoms with Crippen molar-refractivity contribution in [3.8, 4) is 11.5 Å². The van der Waals surface area contributed by atoms with E-state index < -0.39 is 5.97 Å². The largest absolute Gasteiger partial charge is 0.483 e. The summed E-state index contributed by atoms with van der Waals surface area (Å²) in [4.78, 5) is 23.7. The third-order valence-corrected chi connectivity index (χ3v) is 4.12. The van der Waals surface area contributed by atoms with Crippen LogP contribution in [0.3, 0.4) is 0 Å². The second-order valence-corrected chi connectivity index (χ2v) is 6.69. The molecule has 1 amide bonds. The molecule has 0 aliphatic heterocycles. The Morgan fingerprint density at radius 3 is 2.61 bits per heavy atom. The number of benzene rings is 2. The number of ether oxygens (including phenoxy) is 2. The number of hydrogen-bond donors (Lipinski definition) is 1. The molecule has 0 saturated carbocycles. The highest BCUT2D eigenvalue weighted by Gasteiger charge is 2.04. The first-order valence-corrected chi connectivity index (χ1v) is 9.55. The van der Waals surface area contributed by atoms with Gasteiger partial charge in [-0.25, -0.2) is 10.2 Å². The smallest absolute Gasteiger partial charge is 0.336 e. The second-order valence-electron chi connectivity index (χ2n) is 6.69. The van der Waals surface area contributed by atoms with Crippen LogP contribution in [0.15, 0.2) is 76.5 Å². The van der Waals surface area contributed by atoms with Crippen molar-refractivity contribution in [1.82, 2.24) is 5.43 Å². The Kier molecular flexibility index (Phi) is 7.37. The molecule has 0 aliphatic rings. The molecule has 0 aliphatic carbocycles. The number of carbonyl (C=O) groups is 2. The zero-order valence-electron chi connectivity index (χ0n) is 17.2. The first kappa shape index (κ1) is 21.6. The van der Waals surface area contributed by atoms with Crippen molar-refractivity contribution in [1.29, 1.82) is 0 Å². The highest BCUT2D eigenvalue weighted by atomic mass is 16.5. The van der Waals surface area contributed by atoms with Crippen molar-refractivity contribution in [2.24, 2.45) is 5.10 Å². The molecule has 1 N–H and O–H groups in total. The Labute approximate surface area is 180 Å². The Morgan fingerprint density at radius 1 is 1.10 bits per heavy atom. The van der Waals surface area contributed by atoms with Crippen LogP contribution in [0.4, 0.5) is 0 Å². The number of hydrogen-bond acceptors (Lipinski definition) is 6. The molecule has 2 aromatic carbocycles. The van der Waals surface area contributed by atoms with Crippen LogP contribution in [-0.2, 0) is 9.59 Å². The average Bonchev–Trinajstić information content (AvgIpc) is 3.27. The Balaban J connectivity index is 1.43. The van der Waals surface area contributed by atoms with Crippen LogP contribution in [0.2, 0.25) is 0 Å². The lowest BCUT2D eigenvalue weighted by Gasteiger charge is -2.08. The van der Waals surface area contributed by atoms with Gasteiger partial charge in [-0.3, -0.25) is 4.79 Å². The summed E-state index contributed by atoms with van der Waals surface area (Å²) in [7, 11) is 0. The summed E-state index contributed by atoms with van der Waals surface area (Å²) in [5.74, 6) is 0.718. The first-order valence-electron chi connectivity index (χ1n) is 9.55. The molecule has 0 bridgehead atoms. The van der Waals surface area contributed by atoms with E-state index in [0.29, 0.717) is 17.3 Å². The molecule has 1 heterocycles. The van der Waals surface area contributed by atoms with Gasteiger partial charge < -0.3 is 13.9 Å². The summed E-state index contributed by atoms with van der Waals surface area (Å²) in [6.45, 7) is 3.78. The van der Waals surface area contributed by atoms with Crippen LogP contribution in [0, 0.1) is 13.8 Å². The highest BCUT2D eigenvalue weighted by molar-refractivity contribution is 5.88. The summed E-state index contributed by atoms with van der Waals surface area (Å²) in [6, 6.07) is 15.9. The molecular weight excluding hydrogens is 396 g/mol. The van der Waals surface area contributed by atoms with Gasteiger partial charge in [-0.15, -0.1) is 0 Å². The third kappa shape index (κ3) is 7.01. The fraction of sp³-hybridized carbons (Fsp3) is 0.125. The van der Waals surface area contributed by atoms with E-state index in [1.165, 1.54) is 24.6 Å². The zero-order chi connectivity index (χ0) is 22.1. The van der Waals surface area contributed by atoms with Gasteiger partial charge in [-0.2, -0.15) is 5.10 Å². The molecule has 3 rings (SSSR count). The van der Waals surface area contributed by atoms with Gasteiger partial charge in [0.2, 0.25) is 0 Å². The van der Waals surface area contributed by atoms with E-state index in [-0.39, 0.29) is 12.5 Å². The fourth-order valence-electron chi connectivity index (χ4n) is 2.62. The fourth-order valence-corrected chi connectivity index (χ4v) is 2.62. The molecular formula is C24H22N2O5. The number of furan rings is 1.